The SMILES string of the molecule is O=C(CSCc1cccc([N+](=O)[O-])c1)Nc1ccccc1. The van der Waals surface area contributed by atoms with E-state index in [4.69, 9.17) is 0 Å². The van der Waals surface area contributed by atoms with Crippen molar-refractivity contribution < 1.29 is 9.72 Å². The Morgan fingerprint density at radius 3 is 2.62 bits per heavy atom. The molecule has 1 amide bonds. The van der Waals surface area contributed by atoms with E-state index < -0.39 is 4.92 Å². The molecule has 0 aromatic heterocycles. The van der Waals surface area contributed by atoms with Crippen LogP contribution >= 0.6 is 11.8 Å². The van der Waals surface area contributed by atoms with Crippen LogP contribution < -0.4 is 5.32 Å². The number of benzene rings is 2. The van der Waals surface area contributed by atoms with Gasteiger partial charge in [-0.3, -0.25) is 14.9 Å². The second-order valence-corrected chi connectivity index (χ2v) is 5.32. The van der Waals surface area contributed by atoms with Crippen LogP contribution in [-0.4, -0.2) is 16.6 Å². The number of nitrogens with one attached hydrogen (secondary N) is 1. The lowest BCUT2D eigenvalue weighted by molar-refractivity contribution is -0.384. The molecule has 0 fully saturated rings. The standard InChI is InChI=1S/C15H14N2O3S/c18-15(16-13-6-2-1-3-7-13)11-21-10-12-5-4-8-14(9-12)17(19)20/h1-9H,10-11H2,(H,16,18). The van der Waals surface area contributed by atoms with Gasteiger partial charge in [0.25, 0.3) is 5.69 Å². The topological polar surface area (TPSA) is 72.2 Å². The van der Waals surface area contributed by atoms with Crippen LogP contribution in [0.1, 0.15) is 5.56 Å². The number of hydrogen-bond acceptors (Lipinski definition) is 4. The summed E-state index contributed by atoms with van der Waals surface area (Å²) in [7, 11) is 0. The van der Waals surface area contributed by atoms with Crippen molar-refractivity contribution in [2.45, 2.75) is 5.75 Å². The average Bonchev–Trinajstić information content (AvgIpc) is 2.48. The Morgan fingerprint density at radius 2 is 1.90 bits per heavy atom. The third kappa shape index (κ3) is 4.92. The molecular weight excluding hydrogens is 288 g/mol. The van der Waals surface area contributed by atoms with E-state index in [0.717, 1.165) is 11.3 Å². The van der Waals surface area contributed by atoms with Gasteiger partial charge in [0.05, 0.1) is 10.7 Å². The number of nitro groups is 1. The summed E-state index contributed by atoms with van der Waals surface area (Å²) in [5.41, 5.74) is 1.67. The maximum Gasteiger partial charge on any atom is 0.269 e. The van der Waals surface area contributed by atoms with Gasteiger partial charge in [0, 0.05) is 23.6 Å². The Kier molecular flexibility index (Phi) is 5.34. The van der Waals surface area contributed by atoms with Gasteiger partial charge in [0.15, 0.2) is 0 Å². The number of anilines is 1. The number of amides is 1. The summed E-state index contributed by atoms with van der Waals surface area (Å²) in [6.07, 6.45) is 0. The molecule has 0 unspecified atom stereocenters. The molecule has 0 heterocycles. The van der Waals surface area contributed by atoms with Crippen LogP contribution in [0.4, 0.5) is 11.4 Å². The molecule has 0 atom stereocenters. The number of carbonyl (C=O) groups excluding carboxylic acids is 1. The fourth-order valence-electron chi connectivity index (χ4n) is 1.74. The smallest absolute Gasteiger partial charge is 0.269 e. The number of nitro benzene ring substituents is 1. The first-order valence-electron chi connectivity index (χ1n) is 6.31. The van der Waals surface area contributed by atoms with Crippen LogP contribution in [0, 0.1) is 10.1 Å². The van der Waals surface area contributed by atoms with Crippen LogP contribution in [0.25, 0.3) is 0 Å². The van der Waals surface area contributed by atoms with Crippen molar-refractivity contribution >= 4 is 29.0 Å². The van der Waals surface area contributed by atoms with Gasteiger partial charge < -0.3 is 5.32 Å². The van der Waals surface area contributed by atoms with Crippen LogP contribution in [0.15, 0.2) is 54.6 Å². The Morgan fingerprint density at radius 1 is 1.14 bits per heavy atom. The molecule has 0 saturated carbocycles. The monoisotopic (exact) mass is 302 g/mol. The summed E-state index contributed by atoms with van der Waals surface area (Å²) in [4.78, 5) is 22.0. The van der Waals surface area contributed by atoms with E-state index in [-0.39, 0.29) is 11.6 Å². The molecule has 2 aromatic rings. The van der Waals surface area contributed by atoms with Crippen molar-refractivity contribution in [2.75, 3.05) is 11.1 Å². The summed E-state index contributed by atoms with van der Waals surface area (Å²) in [6.45, 7) is 0. The lowest BCUT2D eigenvalue weighted by Gasteiger charge is -2.05. The highest BCUT2D eigenvalue weighted by Crippen LogP contribution is 2.18. The van der Waals surface area contributed by atoms with Crippen LogP contribution in [0.3, 0.4) is 0 Å². The van der Waals surface area contributed by atoms with E-state index in [1.165, 1.54) is 23.9 Å². The molecule has 0 saturated heterocycles. The van der Waals surface area contributed by atoms with Gasteiger partial charge in [-0.05, 0) is 17.7 Å². The quantitative estimate of drug-likeness (QED) is 0.655. The summed E-state index contributed by atoms with van der Waals surface area (Å²) >= 11 is 1.42. The van der Waals surface area contributed by atoms with Gasteiger partial charge >= 0.3 is 0 Å². The summed E-state index contributed by atoms with van der Waals surface area (Å²) in [6, 6.07) is 15.7. The molecule has 2 rings (SSSR count). The first-order chi connectivity index (χ1) is 10.1. The number of rotatable bonds is 6. The molecule has 108 valence electrons. The van der Waals surface area contributed by atoms with Gasteiger partial charge in [-0.25, -0.2) is 0 Å². The lowest BCUT2D eigenvalue weighted by Crippen LogP contribution is -2.13. The number of hydrogen-bond donors (Lipinski definition) is 1. The van der Waals surface area contributed by atoms with Crippen LogP contribution in [0.5, 0.6) is 0 Å². The molecule has 1 N–H and O–H groups in total. The number of para-hydroxylation sites is 1. The number of carbonyl (C=O) groups is 1. The van der Waals surface area contributed by atoms with E-state index in [1.807, 2.05) is 36.4 Å². The van der Waals surface area contributed by atoms with E-state index in [0.29, 0.717) is 11.5 Å². The second-order valence-electron chi connectivity index (χ2n) is 4.33. The highest BCUT2D eigenvalue weighted by molar-refractivity contribution is 7.99. The van der Waals surface area contributed by atoms with Gasteiger partial charge in [-0.15, -0.1) is 11.8 Å². The Hall–Kier alpha value is -2.34. The van der Waals surface area contributed by atoms with E-state index in [9.17, 15) is 14.9 Å². The normalized spacial score (nSPS) is 10.1. The molecule has 0 aliphatic heterocycles. The average molecular weight is 302 g/mol. The fraction of sp³-hybridized carbons (Fsp3) is 0.133. The minimum Gasteiger partial charge on any atom is -0.325 e. The second kappa shape index (κ2) is 7.44. The molecule has 0 spiro atoms. The molecule has 2 aromatic carbocycles. The van der Waals surface area contributed by atoms with Crippen molar-refractivity contribution in [3.63, 3.8) is 0 Å². The zero-order chi connectivity index (χ0) is 15.1. The highest BCUT2D eigenvalue weighted by Gasteiger charge is 2.07. The molecule has 6 heteroatoms. The van der Waals surface area contributed by atoms with Crippen molar-refractivity contribution in [3.05, 3.63) is 70.3 Å². The fourth-order valence-corrected chi connectivity index (χ4v) is 2.51. The molecule has 0 aliphatic rings. The molecule has 21 heavy (non-hydrogen) atoms. The Bertz CT molecular complexity index is 632. The third-order valence-corrected chi connectivity index (χ3v) is 3.68. The van der Waals surface area contributed by atoms with Crippen molar-refractivity contribution in [1.29, 1.82) is 0 Å². The molecule has 5 nitrogen and oxygen atoms in total. The van der Waals surface area contributed by atoms with Crippen LogP contribution in [-0.2, 0) is 10.5 Å². The molecule has 0 aliphatic carbocycles. The zero-order valence-electron chi connectivity index (χ0n) is 11.2. The predicted octanol–water partition coefficient (Wildman–Crippen LogP) is 3.47. The first-order valence-corrected chi connectivity index (χ1v) is 7.46. The van der Waals surface area contributed by atoms with Gasteiger partial charge in [-0.1, -0.05) is 30.3 Å². The van der Waals surface area contributed by atoms with Crippen molar-refractivity contribution in [2.24, 2.45) is 0 Å². The van der Waals surface area contributed by atoms with Crippen molar-refractivity contribution in [1.82, 2.24) is 0 Å². The predicted molar refractivity (Wildman–Crippen MR) is 84.3 cm³/mol. The molecule has 0 bridgehead atoms. The van der Waals surface area contributed by atoms with Crippen molar-refractivity contribution in [3.8, 4) is 0 Å². The van der Waals surface area contributed by atoms with Gasteiger partial charge in [-0.2, -0.15) is 0 Å². The Balaban J connectivity index is 1.80. The van der Waals surface area contributed by atoms with Crippen LogP contribution in [0.2, 0.25) is 0 Å². The van der Waals surface area contributed by atoms with E-state index in [2.05, 4.69) is 5.32 Å². The number of thioether (sulfide) groups is 1. The number of non-ortho nitro benzene ring substituents is 1. The molecular formula is C15H14N2O3S. The summed E-state index contributed by atoms with van der Waals surface area (Å²) in [5.74, 6) is 0.776. The Labute approximate surface area is 126 Å². The zero-order valence-corrected chi connectivity index (χ0v) is 12.0. The first kappa shape index (κ1) is 15.1. The number of nitrogens with zero attached hydrogens (tertiary/aromatic N) is 1. The third-order valence-electron chi connectivity index (χ3n) is 2.68. The minimum absolute atomic E-state index is 0.0711. The minimum atomic E-state index is -0.420. The summed E-state index contributed by atoms with van der Waals surface area (Å²) < 4.78 is 0. The van der Waals surface area contributed by atoms with E-state index >= 15 is 0 Å². The maximum atomic E-state index is 11.7. The maximum absolute atomic E-state index is 11.7. The van der Waals surface area contributed by atoms with Gasteiger partial charge in [0.1, 0.15) is 0 Å². The highest BCUT2D eigenvalue weighted by atomic mass is 32.2. The van der Waals surface area contributed by atoms with Gasteiger partial charge in [0.2, 0.25) is 5.91 Å². The summed E-state index contributed by atoms with van der Waals surface area (Å²) in [5, 5.41) is 13.5. The largest absolute Gasteiger partial charge is 0.325 e. The molecule has 0 radical (unpaired) electrons. The lowest BCUT2D eigenvalue weighted by atomic mass is 10.2. The van der Waals surface area contributed by atoms with E-state index in [1.54, 1.807) is 6.07 Å².